The number of hydrogen-bond acceptors (Lipinski definition) is 3. The molecule has 2 saturated heterocycles. The minimum absolute atomic E-state index is 0.126. The quantitative estimate of drug-likeness (QED) is 0.781. The SMILES string of the molecule is O=C(N1CCN(c2ccccc2Cl)CC1)C1(c2ccc(F)cc2)CCOCC1. The van der Waals surface area contributed by atoms with Crippen molar-refractivity contribution in [2.24, 2.45) is 0 Å². The predicted molar refractivity (Wildman–Crippen MR) is 108 cm³/mol. The summed E-state index contributed by atoms with van der Waals surface area (Å²) in [6.45, 7) is 3.87. The van der Waals surface area contributed by atoms with Gasteiger partial charge in [0, 0.05) is 39.4 Å². The highest BCUT2D eigenvalue weighted by atomic mass is 35.5. The lowest BCUT2D eigenvalue weighted by atomic mass is 9.73. The number of ether oxygens (including phenoxy) is 1. The van der Waals surface area contributed by atoms with Crippen LogP contribution in [0.15, 0.2) is 48.5 Å². The van der Waals surface area contributed by atoms with E-state index in [2.05, 4.69) is 4.90 Å². The van der Waals surface area contributed by atoms with Crippen molar-refractivity contribution in [1.82, 2.24) is 4.90 Å². The zero-order valence-corrected chi connectivity index (χ0v) is 16.5. The first kappa shape index (κ1) is 19.2. The topological polar surface area (TPSA) is 32.8 Å². The Morgan fingerprint density at radius 1 is 0.964 bits per heavy atom. The van der Waals surface area contributed by atoms with E-state index in [1.165, 1.54) is 12.1 Å². The van der Waals surface area contributed by atoms with Crippen LogP contribution in [0.2, 0.25) is 5.02 Å². The number of hydrogen-bond donors (Lipinski definition) is 0. The van der Waals surface area contributed by atoms with E-state index in [1.54, 1.807) is 12.1 Å². The van der Waals surface area contributed by atoms with Gasteiger partial charge in [-0.1, -0.05) is 35.9 Å². The molecule has 2 aromatic rings. The summed E-state index contributed by atoms with van der Waals surface area (Å²) in [5, 5.41) is 0.731. The lowest BCUT2D eigenvalue weighted by Gasteiger charge is -2.43. The number of benzene rings is 2. The summed E-state index contributed by atoms with van der Waals surface area (Å²) in [6.07, 6.45) is 1.25. The molecule has 6 heteroatoms. The van der Waals surface area contributed by atoms with Crippen molar-refractivity contribution in [1.29, 1.82) is 0 Å². The first-order valence-electron chi connectivity index (χ1n) is 9.73. The number of para-hydroxylation sites is 1. The number of nitrogens with zero attached hydrogens (tertiary/aromatic N) is 2. The van der Waals surface area contributed by atoms with Crippen LogP contribution in [-0.4, -0.2) is 50.2 Å². The summed E-state index contributed by atoms with van der Waals surface area (Å²) in [7, 11) is 0. The van der Waals surface area contributed by atoms with Gasteiger partial charge in [0.05, 0.1) is 16.1 Å². The van der Waals surface area contributed by atoms with Gasteiger partial charge >= 0.3 is 0 Å². The fraction of sp³-hybridized carbons (Fsp3) is 0.409. The Balaban J connectivity index is 1.52. The van der Waals surface area contributed by atoms with Crippen LogP contribution in [0.3, 0.4) is 0 Å². The Hall–Kier alpha value is -2.11. The largest absolute Gasteiger partial charge is 0.381 e. The Labute approximate surface area is 169 Å². The maximum Gasteiger partial charge on any atom is 0.233 e. The van der Waals surface area contributed by atoms with Gasteiger partial charge in [0.1, 0.15) is 5.82 Å². The minimum atomic E-state index is -0.626. The highest BCUT2D eigenvalue weighted by Crippen LogP contribution is 2.37. The van der Waals surface area contributed by atoms with Gasteiger partial charge in [-0.25, -0.2) is 4.39 Å². The van der Waals surface area contributed by atoms with E-state index in [9.17, 15) is 9.18 Å². The van der Waals surface area contributed by atoms with Crippen molar-refractivity contribution in [3.05, 3.63) is 64.9 Å². The van der Waals surface area contributed by atoms with E-state index in [1.807, 2.05) is 29.2 Å². The van der Waals surface area contributed by atoms with E-state index in [0.717, 1.165) is 29.4 Å². The van der Waals surface area contributed by atoms with Crippen LogP contribution in [0.1, 0.15) is 18.4 Å². The molecule has 28 heavy (non-hydrogen) atoms. The lowest BCUT2D eigenvalue weighted by molar-refractivity contribution is -0.141. The summed E-state index contributed by atoms with van der Waals surface area (Å²) >= 11 is 6.33. The zero-order chi connectivity index (χ0) is 19.6. The van der Waals surface area contributed by atoms with Crippen molar-refractivity contribution >= 4 is 23.2 Å². The molecule has 0 N–H and O–H groups in total. The smallest absolute Gasteiger partial charge is 0.233 e. The van der Waals surface area contributed by atoms with Gasteiger partial charge in [0.15, 0.2) is 0 Å². The average Bonchev–Trinajstić information content (AvgIpc) is 2.75. The van der Waals surface area contributed by atoms with Crippen LogP contribution in [0.25, 0.3) is 0 Å². The summed E-state index contributed by atoms with van der Waals surface area (Å²) in [5.41, 5.74) is 1.27. The Kier molecular flexibility index (Phi) is 5.56. The van der Waals surface area contributed by atoms with Crippen LogP contribution in [0, 0.1) is 5.82 Å². The third kappa shape index (κ3) is 3.61. The molecule has 0 atom stereocenters. The third-order valence-corrected chi connectivity index (χ3v) is 6.23. The molecule has 4 rings (SSSR count). The highest BCUT2D eigenvalue weighted by molar-refractivity contribution is 6.33. The Morgan fingerprint density at radius 2 is 1.61 bits per heavy atom. The molecular formula is C22H24ClFN2O2. The number of piperazine rings is 1. The van der Waals surface area contributed by atoms with Gasteiger partial charge in [0.25, 0.3) is 0 Å². The maximum absolute atomic E-state index is 13.6. The minimum Gasteiger partial charge on any atom is -0.381 e. The molecule has 2 heterocycles. The molecule has 0 aromatic heterocycles. The predicted octanol–water partition coefficient (Wildman–Crippen LogP) is 3.88. The van der Waals surface area contributed by atoms with Crippen molar-refractivity contribution in [3.8, 4) is 0 Å². The van der Waals surface area contributed by atoms with E-state index >= 15 is 0 Å². The Bertz CT molecular complexity index is 829. The number of carbonyl (C=O) groups is 1. The van der Waals surface area contributed by atoms with Gasteiger partial charge in [-0.05, 0) is 42.7 Å². The number of amides is 1. The van der Waals surface area contributed by atoms with Crippen LogP contribution in [0.4, 0.5) is 10.1 Å². The standard InChI is InChI=1S/C22H24ClFN2O2/c23-19-3-1-2-4-20(19)25-11-13-26(14-12-25)21(27)22(9-15-28-16-10-22)17-5-7-18(24)8-6-17/h1-8H,9-16H2. The number of halogens is 2. The molecule has 1 amide bonds. The van der Waals surface area contributed by atoms with Gasteiger partial charge in [-0.15, -0.1) is 0 Å². The molecule has 148 valence electrons. The zero-order valence-electron chi connectivity index (χ0n) is 15.7. The summed E-state index contributed by atoms with van der Waals surface area (Å²) in [4.78, 5) is 17.8. The molecule has 2 aliphatic heterocycles. The second kappa shape index (κ2) is 8.10. The van der Waals surface area contributed by atoms with Crippen molar-refractivity contribution < 1.29 is 13.9 Å². The fourth-order valence-electron chi connectivity index (χ4n) is 4.28. The van der Waals surface area contributed by atoms with Gasteiger partial charge in [0.2, 0.25) is 5.91 Å². The second-order valence-electron chi connectivity index (χ2n) is 7.43. The number of anilines is 1. The van der Waals surface area contributed by atoms with Crippen LogP contribution in [-0.2, 0) is 14.9 Å². The first-order chi connectivity index (χ1) is 13.6. The number of carbonyl (C=O) groups excluding carboxylic acids is 1. The molecule has 0 saturated carbocycles. The normalized spacial score (nSPS) is 19.5. The molecule has 0 aliphatic carbocycles. The van der Waals surface area contributed by atoms with E-state index in [4.69, 9.17) is 16.3 Å². The molecule has 0 radical (unpaired) electrons. The van der Waals surface area contributed by atoms with Crippen molar-refractivity contribution in [2.75, 3.05) is 44.3 Å². The van der Waals surface area contributed by atoms with Crippen LogP contribution >= 0.6 is 11.6 Å². The number of rotatable bonds is 3. The Morgan fingerprint density at radius 3 is 2.25 bits per heavy atom. The average molecular weight is 403 g/mol. The third-order valence-electron chi connectivity index (χ3n) is 5.91. The molecule has 2 aromatic carbocycles. The molecule has 2 aliphatic rings. The second-order valence-corrected chi connectivity index (χ2v) is 7.84. The first-order valence-corrected chi connectivity index (χ1v) is 10.1. The van der Waals surface area contributed by atoms with E-state index < -0.39 is 5.41 Å². The van der Waals surface area contributed by atoms with Gasteiger partial charge < -0.3 is 14.5 Å². The van der Waals surface area contributed by atoms with E-state index in [-0.39, 0.29) is 11.7 Å². The monoisotopic (exact) mass is 402 g/mol. The van der Waals surface area contributed by atoms with Crippen molar-refractivity contribution in [3.63, 3.8) is 0 Å². The van der Waals surface area contributed by atoms with E-state index in [0.29, 0.717) is 39.1 Å². The summed E-state index contributed by atoms with van der Waals surface area (Å²) in [5.74, 6) is -0.159. The molecule has 0 unspecified atom stereocenters. The van der Waals surface area contributed by atoms with Crippen molar-refractivity contribution in [2.45, 2.75) is 18.3 Å². The van der Waals surface area contributed by atoms with Crippen LogP contribution < -0.4 is 4.90 Å². The van der Waals surface area contributed by atoms with Gasteiger partial charge in [-0.3, -0.25) is 4.79 Å². The molecule has 0 spiro atoms. The lowest BCUT2D eigenvalue weighted by Crippen LogP contribution is -2.56. The highest BCUT2D eigenvalue weighted by Gasteiger charge is 2.44. The van der Waals surface area contributed by atoms with Gasteiger partial charge in [-0.2, -0.15) is 0 Å². The molecule has 0 bridgehead atoms. The molecule has 2 fully saturated rings. The molecule has 4 nitrogen and oxygen atoms in total. The maximum atomic E-state index is 13.6. The summed E-state index contributed by atoms with van der Waals surface area (Å²) in [6, 6.07) is 14.2. The summed E-state index contributed by atoms with van der Waals surface area (Å²) < 4.78 is 19.0. The molecular weight excluding hydrogens is 379 g/mol. The fourth-order valence-corrected chi connectivity index (χ4v) is 4.53. The van der Waals surface area contributed by atoms with Crippen LogP contribution in [0.5, 0.6) is 0 Å².